The van der Waals surface area contributed by atoms with Crippen LogP contribution in [0.4, 0.5) is 21.5 Å². The molecule has 2 aromatic rings. The van der Waals surface area contributed by atoms with Gasteiger partial charge in [0.1, 0.15) is 11.4 Å². The highest BCUT2D eigenvalue weighted by atomic mass is 19.1. The molecule has 0 heterocycles. The Morgan fingerprint density at radius 1 is 1.33 bits per heavy atom. The molecule has 21 heavy (non-hydrogen) atoms. The average Bonchev–Trinajstić information content (AvgIpc) is 2.43. The normalized spacial score (nSPS) is 10.2. The van der Waals surface area contributed by atoms with Gasteiger partial charge in [0.2, 0.25) is 0 Å². The molecule has 1 amide bonds. The Morgan fingerprint density at radius 3 is 2.71 bits per heavy atom. The number of rotatable bonds is 3. The van der Waals surface area contributed by atoms with Crippen molar-refractivity contribution in [2.24, 2.45) is 0 Å². The van der Waals surface area contributed by atoms with E-state index in [4.69, 9.17) is 5.73 Å². The lowest BCUT2D eigenvalue weighted by Crippen LogP contribution is -2.15. The smallest absolute Gasteiger partial charge is 0.282 e. The first-order chi connectivity index (χ1) is 9.90. The van der Waals surface area contributed by atoms with Crippen LogP contribution >= 0.6 is 0 Å². The molecule has 2 aromatic carbocycles. The molecule has 0 saturated heterocycles. The molecule has 7 heteroatoms. The lowest BCUT2D eigenvalue weighted by molar-refractivity contribution is -0.385. The third-order valence-electron chi connectivity index (χ3n) is 2.98. The van der Waals surface area contributed by atoms with E-state index in [9.17, 15) is 19.3 Å². The van der Waals surface area contributed by atoms with E-state index in [1.165, 1.54) is 37.3 Å². The zero-order valence-corrected chi connectivity index (χ0v) is 11.1. The van der Waals surface area contributed by atoms with Crippen molar-refractivity contribution in [2.75, 3.05) is 11.1 Å². The van der Waals surface area contributed by atoms with Crippen molar-refractivity contribution in [1.29, 1.82) is 0 Å². The zero-order valence-electron chi connectivity index (χ0n) is 11.1. The standard InChI is InChI=1S/C14H12FN3O3/c1-8-11(15)3-2-4-12(8)17-14(19)10-7-9(16)5-6-13(10)18(20)21/h2-7H,16H2,1H3,(H,17,19). The molecule has 0 aromatic heterocycles. The van der Waals surface area contributed by atoms with Gasteiger partial charge in [-0.25, -0.2) is 4.39 Å². The second-order valence-corrected chi connectivity index (χ2v) is 4.40. The van der Waals surface area contributed by atoms with Gasteiger partial charge in [0.25, 0.3) is 11.6 Å². The zero-order chi connectivity index (χ0) is 15.6. The van der Waals surface area contributed by atoms with E-state index < -0.39 is 16.6 Å². The largest absolute Gasteiger partial charge is 0.399 e. The number of benzene rings is 2. The number of carbonyl (C=O) groups is 1. The van der Waals surface area contributed by atoms with Crippen LogP contribution in [0, 0.1) is 22.9 Å². The maximum Gasteiger partial charge on any atom is 0.282 e. The van der Waals surface area contributed by atoms with Gasteiger partial charge in [0, 0.05) is 23.0 Å². The highest BCUT2D eigenvalue weighted by molar-refractivity contribution is 6.07. The molecule has 2 rings (SSSR count). The van der Waals surface area contributed by atoms with Crippen LogP contribution in [0.25, 0.3) is 0 Å². The number of nitro benzene ring substituents is 1. The van der Waals surface area contributed by atoms with Gasteiger partial charge < -0.3 is 11.1 Å². The Balaban J connectivity index is 2.39. The van der Waals surface area contributed by atoms with E-state index in [0.717, 1.165) is 6.07 Å². The van der Waals surface area contributed by atoms with Crippen molar-refractivity contribution < 1.29 is 14.1 Å². The Labute approximate surface area is 119 Å². The summed E-state index contributed by atoms with van der Waals surface area (Å²) in [6.07, 6.45) is 0. The summed E-state index contributed by atoms with van der Waals surface area (Å²) >= 11 is 0. The topological polar surface area (TPSA) is 98.3 Å². The molecular formula is C14H12FN3O3. The van der Waals surface area contributed by atoms with Crippen molar-refractivity contribution in [3.05, 3.63) is 63.5 Å². The fourth-order valence-corrected chi connectivity index (χ4v) is 1.83. The highest BCUT2D eigenvalue weighted by Crippen LogP contribution is 2.24. The minimum absolute atomic E-state index is 0.177. The fourth-order valence-electron chi connectivity index (χ4n) is 1.83. The number of nitro groups is 1. The van der Waals surface area contributed by atoms with E-state index in [2.05, 4.69) is 5.32 Å². The van der Waals surface area contributed by atoms with Crippen molar-refractivity contribution >= 4 is 23.0 Å². The minimum Gasteiger partial charge on any atom is -0.399 e. The number of nitrogens with two attached hydrogens (primary N) is 1. The number of nitrogens with zero attached hydrogens (tertiary/aromatic N) is 1. The number of hydrogen-bond donors (Lipinski definition) is 2. The summed E-state index contributed by atoms with van der Waals surface area (Å²) in [6, 6.07) is 7.90. The van der Waals surface area contributed by atoms with E-state index in [1.54, 1.807) is 0 Å². The van der Waals surface area contributed by atoms with E-state index in [0.29, 0.717) is 0 Å². The van der Waals surface area contributed by atoms with E-state index >= 15 is 0 Å². The van der Waals surface area contributed by atoms with Gasteiger partial charge in [0.15, 0.2) is 0 Å². The van der Waals surface area contributed by atoms with Gasteiger partial charge in [0.05, 0.1) is 4.92 Å². The molecule has 0 aliphatic rings. The first-order valence-corrected chi connectivity index (χ1v) is 6.00. The number of hydrogen-bond acceptors (Lipinski definition) is 4. The number of nitrogen functional groups attached to an aromatic ring is 1. The van der Waals surface area contributed by atoms with Gasteiger partial charge >= 0.3 is 0 Å². The summed E-state index contributed by atoms with van der Waals surface area (Å²) in [6.45, 7) is 1.50. The monoisotopic (exact) mass is 289 g/mol. The average molecular weight is 289 g/mol. The van der Waals surface area contributed by atoms with Gasteiger partial charge in [-0.2, -0.15) is 0 Å². The van der Waals surface area contributed by atoms with Crippen LogP contribution < -0.4 is 11.1 Å². The van der Waals surface area contributed by atoms with Crippen LogP contribution in [0.15, 0.2) is 36.4 Å². The lowest BCUT2D eigenvalue weighted by Gasteiger charge is -2.09. The molecule has 0 fully saturated rings. The predicted octanol–water partition coefficient (Wildman–Crippen LogP) is 2.88. The minimum atomic E-state index is -0.720. The van der Waals surface area contributed by atoms with Crippen molar-refractivity contribution in [2.45, 2.75) is 6.92 Å². The Kier molecular flexibility index (Phi) is 3.84. The van der Waals surface area contributed by atoms with Gasteiger partial charge in [-0.3, -0.25) is 14.9 Å². The number of nitrogens with one attached hydrogen (secondary N) is 1. The third kappa shape index (κ3) is 2.97. The molecule has 0 spiro atoms. The molecule has 0 aliphatic heterocycles. The van der Waals surface area contributed by atoms with Crippen molar-refractivity contribution in [3.8, 4) is 0 Å². The molecule has 0 aliphatic carbocycles. The molecule has 0 bridgehead atoms. The maximum atomic E-state index is 13.4. The van der Waals surface area contributed by atoms with Crippen LogP contribution in [0.2, 0.25) is 0 Å². The van der Waals surface area contributed by atoms with Crippen LogP contribution in [0.5, 0.6) is 0 Å². The molecule has 108 valence electrons. The maximum absolute atomic E-state index is 13.4. The van der Waals surface area contributed by atoms with Crippen LogP contribution in [-0.2, 0) is 0 Å². The summed E-state index contributed by atoms with van der Waals surface area (Å²) in [4.78, 5) is 22.4. The van der Waals surface area contributed by atoms with Gasteiger partial charge in [-0.15, -0.1) is 0 Å². The summed E-state index contributed by atoms with van der Waals surface area (Å²) in [5.74, 6) is -1.20. The predicted molar refractivity (Wildman–Crippen MR) is 76.6 cm³/mol. The van der Waals surface area contributed by atoms with Gasteiger partial charge in [-0.05, 0) is 31.2 Å². The molecule has 6 nitrogen and oxygen atoms in total. The van der Waals surface area contributed by atoms with E-state index in [-0.39, 0.29) is 28.2 Å². The SMILES string of the molecule is Cc1c(F)cccc1NC(=O)c1cc(N)ccc1[N+](=O)[O-]. The number of anilines is 2. The van der Waals surface area contributed by atoms with Crippen LogP contribution in [0.3, 0.4) is 0 Å². The summed E-state index contributed by atoms with van der Waals surface area (Å²) < 4.78 is 13.4. The molecule has 0 atom stereocenters. The van der Waals surface area contributed by atoms with Crippen LogP contribution in [0.1, 0.15) is 15.9 Å². The first-order valence-electron chi connectivity index (χ1n) is 6.00. The summed E-state index contributed by atoms with van der Waals surface area (Å²) in [5, 5.41) is 13.4. The molecule has 0 saturated carbocycles. The summed E-state index contributed by atoms with van der Waals surface area (Å²) in [7, 11) is 0. The Morgan fingerprint density at radius 2 is 2.05 bits per heavy atom. The second kappa shape index (κ2) is 5.58. The first kappa shape index (κ1) is 14.4. The Bertz CT molecular complexity index is 731. The third-order valence-corrected chi connectivity index (χ3v) is 2.98. The Hall–Kier alpha value is -2.96. The van der Waals surface area contributed by atoms with Crippen LogP contribution in [-0.4, -0.2) is 10.8 Å². The number of halogens is 1. The second-order valence-electron chi connectivity index (χ2n) is 4.40. The lowest BCUT2D eigenvalue weighted by atomic mass is 10.1. The number of carbonyl (C=O) groups excluding carboxylic acids is 1. The molecular weight excluding hydrogens is 277 g/mol. The molecule has 0 radical (unpaired) electrons. The summed E-state index contributed by atoms with van der Waals surface area (Å²) in [5.41, 5.74) is 5.73. The molecule has 0 unspecified atom stereocenters. The molecule has 3 N–H and O–H groups in total. The number of amides is 1. The van der Waals surface area contributed by atoms with Crippen molar-refractivity contribution in [3.63, 3.8) is 0 Å². The highest BCUT2D eigenvalue weighted by Gasteiger charge is 2.21. The fraction of sp³-hybridized carbons (Fsp3) is 0.0714. The quantitative estimate of drug-likeness (QED) is 0.515. The van der Waals surface area contributed by atoms with Crippen molar-refractivity contribution in [1.82, 2.24) is 0 Å². The van der Waals surface area contributed by atoms with E-state index in [1.807, 2.05) is 0 Å². The van der Waals surface area contributed by atoms with Gasteiger partial charge in [-0.1, -0.05) is 6.07 Å².